The smallest absolute Gasteiger partial charge is 0.203 e. The highest BCUT2D eigenvalue weighted by Crippen LogP contribution is 2.28. The molecule has 0 aliphatic heterocycles. The van der Waals surface area contributed by atoms with E-state index in [0.29, 0.717) is 12.1 Å². The first-order valence-electron chi connectivity index (χ1n) is 6.35. The second-order valence-corrected chi connectivity index (χ2v) is 6.36. The molecule has 2 aromatic heterocycles. The topological polar surface area (TPSA) is 29.9 Å². The predicted molar refractivity (Wildman–Crippen MR) is 78.6 cm³/mol. The third kappa shape index (κ3) is 2.75. The van der Waals surface area contributed by atoms with Crippen LogP contribution < -0.4 is 5.32 Å². The molecule has 0 fully saturated rings. The van der Waals surface area contributed by atoms with Crippen LogP contribution in [0.15, 0.2) is 18.3 Å². The molecule has 0 saturated heterocycles. The Morgan fingerprint density at radius 1 is 1.22 bits per heavy atom. The summed E-state index contributed by atoms with van der Waals surface area (Å²) in [6, 6.07) is 5.10. The van der Waals surface area contributed by atoms with Crippen molar-refractivity contribution in [3.05, 3.63) is 33.8 Å². The van der Waals surface area contributed by atoms with Crippen LogP contribution in [0.1, 0.15) is 42.3 Å². The number of thiophene rings is 1. The first-order valence-corrected chi connectivity index (χ1v) is 7.17. The Balaban J connectivity index is 2.32. The molecule has 0 aliphatic carbocycles. The average molecular weight is 263 g/mol. The maximum Gasteiger partial charge on any atom is 0.203 e. The molecule has 4 heteroatoms. The molecule has 1 unspecified atom stereocenters. The van der Waals surface area contributed by atoms with Crippen molar-refractivity contribution in [1.29, 1.82) is 0 Å². The van der Waals surface area contributed by atoms with Crippen molar-refractivity contribution in [2.24, 2.45) is 0 Å². The van der Waals surface area contributed by atoms with Gasteiger partial charge in [-0.2, -0.15) is 0 Å². The average Bonchev–Trinajstić information content (AvgIpc) is 2.83. The molecule has 2 aromatic rings. The van der Waals surface area contributed by atoms with E-state index in [1.807, 2.05) is 18.3 Å². The fourth-order valence-corrected chi connectivity index (χ4v) is 2.92. The quantitative estimate of drug-likeness (QED) is 0.904. The standard InChI is InChI=1S/C14H21N3S/c1-9(2)15-14-16-10(3)8-17(14)12(5)13-7-6-11(4)18-13/h6-9,12H,1-5H3,(H,15,16). The highest BCUT2D eigenvalue weighted by Gasteiger charge is 2.15. The van der Waals surface area contributed by atoms with E-state index in [-0.39, 0.29) is 0 Å². The summed E-state index contributed by atoms with van der Waals surface area (Å²) in [6.07, 6.45) is 2.12. The number of nitrogens with one attached hydrogen (secondary N) is 1. The van der Waals surface area contributed by atoms with E-state index in [1.165, 1.54) is 9.75 Å². The van der Waals surface area contributed by atoms with Crippen LogP contribution in [0.3, 0.4) is 0 Å². The molecule has 0 aromatic carbocycles. The van der Waals surface area contributed by atoms with Crippen LogP contribution in [-0.4, -0.2) is 15.6 Å². The van der Waals surface area contributed by atoms with Gasteiger partial charge in [-0.1, -0.05) is 0 Å². The Kier molecular flexibility index (Phi) is 3.76. The molecule has 0 bridgehead atoms. The summed E-state index contributed by atoms with van der Waals surface area (Å²) < 4.78 is 2.22. The fourth-order valence-electron chi connectivity index (χ4n) is 1.99. The maximum absolute atomic E-state index is 4.56. The van der Waals surface area contributed by atoms with Gasteiger partial charge in [0.05, 0.1) is 11.7 Å². The highest BCUT2D eigenvalue weighted by molar-refractivity contribution is 7.12. The Labute approximate surface area is 113 Å². The van der Waals surface area contributed by atoms with E-state index in [9.17, 15) is 0 Å². The lowest BCUT2D eigenvalue weighted by Gasteiger charge is -2.17. The molecule has 0 spiro atoms. The van der Waals surface area contributed by atoms with E-state index in [1.54, 1.807) is 0 Å². The minimum atomic E-state index is 0.325. The largest absolute Gasteiger partial charge is 0.353 e. The molecule has 1 N–H and O–H groups in total. The molecule has 0 saturated carbocycles. The zero-order valence-electron chi connectivity index (χ0n) is 11.7. The third-order valence-electron chi connectivity index (χ3n) is 2.86. The van der Waals surface area contributed by atoms with Gasteiger partial charge >= 0.3 is 0 Å². The second-order valence-electron chi connectivity index (χ2n) is 5.04. The molecular formula is C14H21N3S. The lowest BCUT2D eigenvalue weighted by atomic mass is 10.2. The molecular weight excluding hydrogens is 242 g/mol. The summed E-state index contributed by atoms with van der Waals surface area (Å²) in [5, 5.41) is 3.41. The van der Waals surface area contributed by atoms with E-state index >= 15 is 0 Å². The van der Waals surface area contributed by atoms with Crippen LogP contribution in [0.4, 0.5) is 5.95 Å². The van der Waals surface area contributed by atoms with Crippen molar-refractivity contribution in [2.45, 2.75) is 46.7 Å². The van der Waals surface area contributed by atoms with Crippen LogP contribution >= 0.6 is 11.3 Å². The minimum absolute atomic E-state index is 0.325. The van der Waals surface area contributed by atoms with Gasteiger partial charge in [0.25, 0.3) is 0 Å². The van der Waals surface area contributed by atoms with Gasteiger partial charge in [-0.15, -0.1) is 11.3 Å². The number of nitrogens with zero attached hydrogens (tertiary/aromatic N) is 2. The Morgan fingerprint density at radius 3 is 2.50 bits per heavy atom. The maximum atomic E-state index is 4.56. The SMILES string of the molecule is Cc1cn(C(C)c2ccc(C)s2)c(NC(C)C)n1. The van der Waals surface area contributed by atoms with Crippen LogP contribution in [0.25, 0.3) is 0 Å². The van der Waals surface area contributed by atoms with Gasteiger partial charge < -0.3 is 9.88 Å². The Bertz CT molecular complexity index is 525. The molecule has 2 rings (SSSR count). The van der Waals surface area contributed by atoms with Gasteiger partial charge in [-0.3, -0.25) is 0 Å². The van der Waals surface area contributed by atoms with Crippen molar-refractivity contribution in [2.75, 3.05) is 5.32 Å². The van der Waals surface area contributed by atoms with Crippen molar-refractivity contribution >= 4 is 17.3 Å². The first-order chi connectivity index (χ1) is 8.47. The van der Waals surface area contributed by atoms with Crippen LogP contribution in [0.5, 0.6) is 0 Å². The minimum Gasteiger partial charge on any atom is -0.353 e. The summed E-state index contributed by atoms with van der Waals surface area (Å²) in [4.78, 5) is 7.29. The molecule has 0 radical (unpaired) electrons. The summed E-state index contributed by atoms with van der Waals surface area (Å²) in [7, 11) is 0. The zero-order chi connectivity index (χ0) is 13.3. The zero-order valence-corrected chi connectivity index (χ0v) is 12.5. The van der Waals surface area contributed by atoms with Crippen molar-refractivity contribution in [3.63, 3.8) is 0 Å². The van der Waals surface area contributed by atoms with Gasteiger partial charge in [0.2, 0.25) is 5.95 Å². The summed E-state index contributed by atoms with van der Waals surface area (Å²) in [5.41, 5.74) is 1.05. The summed E-state index contributed by atoms with van der Waals surface area (Å²) >= 11 is 1.85. The Morgan fingerprint density at radius 2 is 1.94 bits per heavy atom. The van der Waals surface area contributed by atoms with Crippen molar-refractivity contribution in [1.82, 2.24) is 9.55 Å². The van der Waals surface area contributed by atoms with E-state index in [0.717, 1.165) is 11.6 Å². The molecule has 1 atom stereocenters. The van der Waals surface area contributed by atoms with Crippen molar-refractivity contribution in [3.8, 4) is 0 Å². The summed E-state index contributed by atoms with van der Waals surface area (Å²) in [5.74, 6) is 0.959. The van der Waals surface area contributed by atoms with Gasteiger partial charge in [0, 0.05) is 22.0 Å². The number of aromatic nitrogens is 2. The number of hydrogen-bond acceptors (Lipinski definition) is 3. The molecule has 98 valence electrons. The van der Waals surface area contributed by atoms with E-state index in [2.05, 4.69) is 60.9 Å². The molecule has 0 aliphatic rings. The van der Waals surface area contributed by atoms with Crippen LogP contribution in [0, 0.1) is 13.8 Å². The van der Waals surface area contributed by atoms with Crippen LogP contribution in [0.2, 0.25) is 0 Å². The van der Waals surface area contributed by atoms with Gasteiger partial charge in [0.15, 0.2) is 0 Å². The van der Waals surface area contributed by atoms with E-state index in [4.69, 9.17) is 0 Å². The molecule has 2 heterocycles. The fraction of sp³-hybridized carbons (Fsp3) is 0.500. The number of anilines is 1. The highest BCUT2D eigenvalue weighted by atomic mass is 32.1. The number of hydrogen-bond donors (Lipinski definition) is 1. The second kappa shape index (κ2) is 5.14. The number of imidazole rings is 1. The van der Waals surface area contributed by atoms with Crippen molar-refractivity contribution < 1.29 is 0 Å². The molecule has 18 heavy (non-hydrogen) atoms. The van der Waals surface area contributed by atoms with Gasteiger partial charge in [-0.25, -0.2) is 4.98 Å². The lowest BCUT2D eigenvalue weighted by molar-refractivity contribution is 0.648. The van der Waals surface area contributed by atoms with Gasteiger partial charge in [0.1, 0.15) is 0 Å². The summed E-state index contributed by atoms with van der Waals surface area (Å²) in [6.45, 7) is 10.7. The lowest BCUT2D eigenvalue weighted by Crippen LogP contribution is -2.16. The van der Waals surface area contributed by atoms with E-state index < -0.39 is 0 Å². The predicted octanol–water partition coefficient (Wildman–Crippen LogP) is 3.99. The normalized spacial score (nSPS) is 13.0. The monoisotopic (exact) mass is 263 g/mol. The third-order valence-corrected chi connectivity index (χ3v) is 4.03. The van der Waals surface area contributed by atoms with Crippen LogP contribution in [-0.2, 0) is 0 Å². The molecule has 3 nitrogen and oxygen atoms in total. The van der Waals surface area contributed by atoms with Gasteiger partial charge in [-0.05, 0) is 46.8 Å². The number of aryl methyl sites for hydroxylation is 2. The molecule has 0 amide bonds. The number of rotatable bonds is 4. The first kappa shape index (κ1) is 13.1. The Hall–Kier alpha value is -1.29.